The molecule has 7 heteroatoms. The number of aromatic amines is 1. The molecule has 17 heavy (non-hydrogen) atoms. The molecule has 0 saturated heterocycles. The molecule has 0 amide bonds. The van der Waals surface area contributed by atoms with Gasteiger partial charge in [0, 0.05) is 0 Å². The predicted octanol–water partition coefficient (Wildman–Crippen LogP) is 1.31. The standard InChI is InChI=1S/C10H16N6O/c1-3-5-11-7(4-2)9-14-15-10(17-9)8-6-12-16-13-8/h6-7,11H,3-5H2,1-2H3,(H,12,13,16). The molecule has 0 aliphatic rings. The Bertz CT molecular complexity index is 437. The lowest BCUT2D eigenvalue weighted by Gasteiger charge is -2.11. The van der Waals surface area contributed by atoms with Gasteiger partial charge in [0.25, 0.3) is 5.89 Å². The highest BCUT2D eigenvalue weighted by molar-refractivity contribution is 5.42. The zero-order valence-electron chi connectivity index (χ0n) is 9.97. The number of aromatic nitrogens is 5. The van der Waals surface area contributed by atoms with E-state index in [-0.39, 0.29) is 6.04 Å². The Balaban J connectivity index is 2.11. The first-order valence-electron chi connectivity index (χ1n) is 5.78. The summed E-state index contributed by atoms with van der Waals surface area (Å²) in [6.45, 7) is 5.13. The largest absolute Gasteiger partial charge is 0.417 e. The molecule has 2 heterocycles. The molecule has 1 unspecified atom stereocenters. The van der Waals surface area contributed by atoms with Crippen molar-refractivity contribution in [1.82, 2.24) is 30.9 Å². The third-order valence-corrected chi connectivity index (χ3v) is 2.42. The van der Waals surface area contributed by atoms with E-state index in [0.717, 1.165) is 19.4 Å². The highest BCUT2D eigenvalue weighted by Crippen LogP contribution is 2.19. The molecule has 1 atom stereocenters. The molecule has 2 N–H and O–H groups in total. The van der Waals surface area contributed by atoms with Gasteiger partial charge in [0.15, 0.2) is 5.69 Å². The van der Waals surface area contributed by atoms with Crippen LogP contribution in [-0.4, -0.2) is 32.2 Å². The molecule has 0 bridgehead atoms. The van der Waals surface area contributed by atoms with Gasteiger partial charge in [0.2, 0.25) is 5.89 Å². The lowest BCUT2D eigenvalue weighted by Crippen LogP contribution is -2.21. The van der Waals surface area contributed by atoms with Gasteiger partial charge in [-0.2, -0.15) is 15.4 Å². The summed E-state index contributed by atoms with van der Waals surface area (Å²) in [7, 11) is 0. The van der Waals surface area contributed by atoms with Gasteiger partial charge in [0.1, 0.15) is 0 Å². The van der Waals surface area contributed by atoms with Crippen LogP contribution < -0.4 is 5.32 Å². The molecule has 2 rings (SSSR count). The zero-order valence-corrected chi connectivity index (χ0v) is 9.97. The highest BCUT2D eigenvalue weighted by Gasteiger charge is 2.17. The van der Waals surface area contributed by atoms with Crippen molar-refractivity contribution in [3.05, 3.63) is 12.1 Å². The summed E-state index contributed by atoms with van der Waals surface area (Å²) < 4.78 is 5.57. The van der Waals surface area contributed by atoms with E-state index in [4.69, 9.17) is 4.42 Å². The highest BCUT2D eigenvalue weighted by atomic mass is 16.4. The van der Waals surface area contributed by atoms with Crippen molar-refractivity contribution in [1.29, 1.82) is 0 Å². The summed E-state index contributed by atoms with van der Waals surface area (Å²) in [6.07, 6.45) is 3.53. The number of nitrogens with one attached hydrogen (secondary N) is 2. The quantitative estimate of drug-likeness (QED) is 0.785. The minimum absolute atomic E-state index is 0.100. The molecule has 0 aromatic carbocycles. The second kappa shape index (κ2) is 5.53. The predicted molar refractivity (Wildman–Crippen MR) is 61.0 cm³/mol. The van der Waals surface area contributed by atoms with Gasteiger partial charge in [-0.15, -0.1) is 10.2 Å². The molecule has 92 valence electrons. The van der Waals surface area contributed by atoms with Crippen LogP contribution in [0.5, 0.6) is 0 Å². The molecule has 0 aliphatic carbocycles. The maximum absolute atomic E-state index is 5.57. The van der Waals surface area contributed by atoms with Crippen LogP contribution in [0.4, 0.5) is 0 Å². The first kappa shape index (κ1) is 11.7. The molecule has 0 saturated carbocycles. The minimum atomic E-state index is 0.100. The average Bonchev–Trinajstić information content (AvgIpc) is 3.00. The zero-order chi connectivity index (χ0) is 12.1. The lowest BCUT2D eigenvalue weighted by molar-refractivity contribution is 0.395. The van der Waals surface area contributed by atoms with E-state index >= 15 is 0 Å². The third kappa shape index (κ3) is 2.68. The number of nitrogens with zero attached hydrogens (tertiary/aromatic N) is 4. The van der Waals surface area contributed by atoms with Gasteiger partial charge in [-0.05, 0) is 19.4 Å². The van der Waals surface area contributed by atoms with Crippen molar-refractivity contribution in [3.8, 4) is 11.6 Å². The van der Waals surface area contributed by atoms with E-state index in [2.05, 4.69) is 44.8 Å². The fourth-order valence-corrected chi connectivity index (χ4v) is 1.51. The van der Waals surface area contributed by atoms with E-state index < -0.39 is 0 Å². The molecule has 2 aromatic heterocycles. The summed E-state index contributed by atoms with van der Waals surface area (Å²) >= 11 is 0. The summed E-state index contributed by atoms with van der Waals surface area (Å²) in [6, 6.07) is 0.100. The minimum Gasteiger partial charge on any atom is -0.417 e. The van der Waals surface area contributed by atoms with E-state index in [9.17, 15) is 0 Å². The van der Waals surface area contributed by atoms with Crippen molar-refractivity contribution in [3.63, 3.8) is 0 Å². The molecule has 2 aromatic rings. The maximum Gasteiger partial charge on any atom is 0.269 e. The van der Waals surface area contributed by atoms with E-state index in [1.807, 2.05) is 0 Å². The van der Waals surface area contributed by atoms with Gasteiger partial charge >= 0.3 is 0 Å². The Labute approximate surface area is 99.0 Å². The second-order valence-corrected chi connectivity index (χ2v) is 3.72. The molecular weight excluding hydrogens is 220 g/mol. The number of hydrogen-bond acceptors (Lipinski definition) is 6. The lowest BCUT2D eigenvalue weighted by atomic mass is 10.2. The van der Waals surface area contributed by atoms with Crippen molar-refractivity contribution < 1.29 is 4.42 Å². The average molecular weight is 236 g/mol. The smallest absolute Gasteiger partial charge is 0.269 e. The number of H-pyrrole nitrogens is 1. The van der Waals surface area contributed by atoms with Crippen LogP contribution in [0.15, 0.2) is 10.6 Å². The first-order valence-corrected chi connectivity index (χ1v) is 5.78. The van der Waals surface area contributed by atoms with Crippen LogP contribution in [0.25, 0.3) is 11.6 Å². The van der Waals surface area contributed by atoms with Crippen molar-refractivity contribution in [2.75, 3.05) is 6.54 Å². The second-order valence-electron chi connectivity index (χ2n) is 3.72. The molecule has 0 spiro atoms. The van der Waals surface area contributed by atoms with Crippen LogP contribution in [0.3, 0.4) is 0 Å². The summed E-state index contributed by atoms with van der Waals surface area (Å²) in [5.41, 5.74) is 0.564. The van der Waals surface area contributed by atoms with Crippen LogP contribution in [0.1, 0.15) is 38.6 Å². The molecular formula is C10H16N6O. The fourth-order valence-electron chi connectivity index (χ4n) is 1.51. The molecule has 0 aliphatic heterocycles. The summed E-state index contributed by atoms with van der Waals surface area (Å²) in [5.74, 6) is 0.990. The Morgan fingerprint density at radius 2 is 2.29 bits per heavy atom. The summed E-state index contributed by atoms with van der Waals surface area (Å²) in [4.78, 5) is 0. The SMILES string of the molecule is CCCNC(CC)c1nnc(-c2cn[nH]n2)o1. The molecule has 7 nitrogen and oxygen atoms in total. The Morgan fingerprint density at radius 1 is 1.41 bits per heavy atom. The monoisotopic (exact) mass is 236 g/mol. The first-order chi connectivity index (χ1) is 8.35. The van der Waals surface area contributed by atoms with Crippen LogP contribution >= 0.6 is 0 Å². The van der Waals surface area contributed by atoms with Gasteiger partial charge in [0.05, 0.1) is 12.2 Å². The Kier molecular flexibility index (Phi) is 3.81. The molecule has 0 fully saturated rings. The van der Waals surface area contributed by atoms with Crippen molar-refractivity contribution >= 4 is 0 Å². The maximum atomic E-state index is 5.57. The van der Waals surface area contributed by atoms with Gasteiger partial charge in [-0.3, -0.25) is 0 Å². The summed E-state index contributed by atoms with van der Waals surface area (Å²) in [5, 5.41) is 21.5. The van der Waals surface area contributed by atoms with E-state index in [1.54, 1.807) is 6.20 Å². The number of rotatable bonds is 6. The van der Waals surface area contributed by atoms with Gasteiger partial charge in [-0.25, -0.2) is 0 Å². The van der Waals surface area contributed by atoms with E-state index in [1.165, 1.54) is 0 Å². The van der Waals surface area contributed by atoms with Crippen LogP contribution in [0.2, 0.25) is 0 Å². The van der Waals surface area contributed by atoms with Crippen molar-refractivity contribution in [2.45, 2.75) is 32.7 Å². The van der Waals surface area contributed by atoms with E-state index in [0.29, 0.717) is 17.5 Å². The Hall–Kier alpha value is -1.76. The number of hydrogen-bond donors (Lipinski definition) is 2. The Morgan fingerprint density at radius 3 is 2.94 bits per heavy atom. The third-order valence-electron chi connectivity index (χ3n) is 2.42. The fraction of sp³-hybridized carbons (Fsp3) is 0.600. The van der Waals surface area contributed by atoms with Gasteiger partial charge in [-0.1, -0.05) is 13.8 Å². The van der Waals surface area contributed by atoms with Gasteiger partial charge < -0.3 is 9.73 Å². The molecule has 0 radical (unpaired) electrons. The van der Waals surface area contributed by atoms with Crippen molar-refractivity contribution in [2.24, 2.45) is 0 Å². The normalized spacial score (nSPS) is 12.8. The van der Waals surface area contributed by atoms with Crippen LogP contribution in [-0.2, 0) is 0 Å². The van der Waals surface area contributed by atoms with Crippen LogP contribution in [0, 0.1) is 0 Å². The topological polar surface area (TPSA) is 92.5 Å².